The topological polar surface area (TPSA) is 24.9 Å². The summed E-state index contributed by atoms with van der Waals surface area (Å²) < 4.78 is 0. The number of nitrogens with one attached hydrogen (secondary N) is 1. The molecule has 0 spiro atoms. The Morgan fingerprint density at radius 1 is 1.06 bits per heavy atom. The molecule has 0 fully saturated rings. The van der Waals surface area contributed by atoms with Crippen molar-refractivity contribution in [3.8, 4) is 0 Å². The normalized spacial score (nSPS) is 11.1. The van der Waals surface area contributed by atoms with Crippen LogP contribution in [0.15, 0.2) is 18.2 Å². The molecular weight excluding hydrogens is 208 g/mol. The van der Waals surface area contributed by atoms with Crippen LogP contribution in [0.25, 0.3) is 10.9 Å². The highest BCUT2D eigenvalue weighted by Gasteiger charge is 2.05. The molecule has 1 aromatic heterocycles. The Kier molecular flexibility index (Phi) is 3.43. The van der Waals surface area contributed by atoms with Gasteiger partial charge in [0.1, 0.15) is 0 Å². The number of pyridine rings is 1. The zero-order valence-corrected chi connectivity index (χ0v) is 11.1. The van der Waals surface area contributed by atoms with Gasteiger partial charge >= 0.3 is 0 Å². The minimum atomic E-state index is 0.976. The summed E-state index contributed by atoms with van der Waals surface area (Å²) in [6.07, 6.45) is 0.992. The lowest BCUT2D eigenvalue weighted by molar-refractivity contribution is 0.775. The summed E-state index contributed by atoms with van der Waals surface area (Å²) in [6, 6.07) is 6.67. The van der Waals surface area contributed by atoms with Crippen LogP contribution in [0.5, 0.6) is 0 Å². The first-order chi connectivity index (χ1) is 8.11. The average Bonchev–Trinajstić information content (AvgIpc) is 2.26. The summed E-state index contributed by atoms with van der Waals surface area (Å²) in [5, 5.41) is 4.43. The number of nitrogens with zero attached hydrogens (tertiary/aromatic N) is 1. The maximum atomic E-state index is 4.81. The van der Waals surface area contributed by atoms with Gasteiger partial charge < -0.3 is 5.32 Å². The van der Waals surface area contributed by atoms with E-state index in [4.69, 9.17) is 4.98 Å². The van der Waals surface area contributed by atoms with Gasteiger partial charge in [0, 0.05) is 24.0 Å². The Hall–Kier alpha value is -1.41. The van der Waals surface area contributed by atoms with Gasteiger partial charge in [-0.3, -0.25) is 4.98 Å². The van der Waals surface area contributed by atoms with Gasteiger partial charge in [-0.25, -0.2) is 0 Å². The molecule has 0 saturated heterocycles. The molecule has 0 aliphatic heterocycles. The van der Waals surface area contributed by atoms with Crippen molar-refractivity contribution in [1.29, 1.82) is 0 Å². The van der Waals surface area contributed by atoms with Crippen LogP contribution in [-0.4, -0.2) is 18.6 Å². The Balaban J connectivity index is 2.55. The molecule has 0 atom stereocenters. The number of hydrogen-bond acceptors (Lipinski definition) is 2. The van der Waals surface area contributed by atoms with Crippen LogP contribution in [0, 0.1) is 20.8 Å². The Morgan fingerprint density at radius 3 is 2.53 bits per heavy atom. The molecule has 2 heteroatoms. The summed E-state index contributed by atoms with van der Waals surface area (Å²) in [7, 11) is 1.98. The predicted molar refractivity (Wildman–Crippen MR) is 73.6 cm³/mol. The second-order valence-corrected chi connectivity index (χ2v) is 4.76. The van der Waals surface area contributed by atoms with Gasteiger partial charge in [0.15, 0.2) is 0 Å². The van der Waals surface area contributed by atoms with Gasteiger partial charge in [-0.1, -0.05) is 11.6 Å². The van der Waals surface area contributed by atoms with Crippen LogP contribution in [0.1, 0.15) is 22.4 Å². The van der Waals surface area contributed by atoms with Crippen molar-refractivity contribution in [3.63, 3.8) is 0 Å². The molecule has 0 aliphatic rings. The third-order valence-corrected chi connectivity index (χ3v) is 3.16. The number of rotatable bonds is 3. The van der Waals surface area contributed by atoms with Gasteiger partial charge in [0.05, 0.1) is 5.52 Å². The molecule has 0 radical (unpaired) electrons. The summed E-state index contributed by atoms with van der Waals surface area (Å²) in [4.78, 5) is 4.81. The van der Waals surface area contributed by atoms with Gasteiger partial charge in [-0.15, -0.1) is 0 Å². The molecule has 0 aliphatic carbocycles. The highest BCUT2D eigenvalue weighted by molar-refractivity contribution is 5.83. The first kappa shape index (κ1) is 12.1. The number of aromatic nitrogens is 1. The number of benzene rings is 1. The molecule has 1 heterocycles. The number of aryl methyl sites for hydroxylation is 3. The molecule has 2 nitrogen and oxygen atoms in total. The molecular formula is C15H20N2. The maximum absolute atomic E-state index is 4.81. The van der Waals surface area contributed by atoms with E-state index in [0.29, 0.717) is 0 Å². The second-order valence-electron chi connectivity index (χ2n) is 4.76. The van der Waals surface area contributed by atoms with Gasteiger partial charge in [0.2, 0.25) is 0 Å². The standard InChI is InChI=1S/C15H20N2/c1-10-7-12(3)15-13(8-10)9-11(2)14(17-15)5-6-16-4/h7-9,16H,5-6H2,1-4H3. The summed E-state index contributed by atoms with van der Waals surface area (Å²) >= 11 is 0. The SMILES string of the molecule is CNCCc1nc2c(C)cc(C)cc2cc1C. The summed E-state index contributed by atoms with van der Waals surface area (Å²) in [5.41, 5.74) is 6.22. The van der Waals surface area contributed by atoms with Crippen molar-refractivity contribution >= 4 is 10.9 Å². The molecule has 0 amide bonds. The molecule has 1 N–H and O–H groups in total. The van der Waals surface area contributed by atoms with Crippen LogP contribution in [0.4, 0.5) is 0 Å². The largest absolute Gasteiger partial charge is 0.319 e. The zero-order valence-electron chi connectivity index (χ0n) is 11.1. The summed E-state index contributed by atoms with van der Waals surface area (Å²) in [6.45, 7) is 7.40. The van der Waals surface area contributed by atoms with Crippen molar-refractivity contribution < 1.29 is 0 Å². The van der Waals surface area contributed by atoms with Crippen molar-refractivity contribution in [3.05, 3.63) is 40.6 Å². The van der Waals surface area contributed by atoms with Gasteiger partial charge in [-0.05, 0) is 51.1 Å². The smallest absolute Gasteiger partial charge is 0.0734 e. The number of likely N-dealkylation sites (N-methyl/N-ethyl adjacent to an activating group) is 1. The lowest BCUT2D eigenvalue weighted by Crippen LogP contribution is -2.12. The molecule has 17 heavy (non-hydrogen) atoms. The first-order valence-electron chi connectivity index (χ1n) is 6.14. The van der Waals surface area contributed by atoms with Gasteiger partial charge in [-0.2, -0.15) is 0 Å². The van der Waals surface area contributed by atoms with E-state index in [-0.39, 0.29) is 0 Å². The van der Waals surface area contributed by atoms with Crippen molar-refractivity contribution in [2.75, 3.05) is 13.6 Å². The lowest BCUT2D eigenvalue weighted by atomic mass is 10.0. The summed E-state index contributed by atoms with van der Waals surface area (Å²) in [5.74, 6) is 0. The van der Waals surface area contributed by atoms with E-state index in [0.717, 1.165) is 18.5 Å². The molecule has 2 rings (SSSR count). The molecule has 0 unspecified atom stereocenters. The fraction of sp³-hybridized carbons (Fsp3) is 0.400. The van der Waals surface area contributed by atoms with E-state index in [1.807, 2.05) is 7.05 Å². The van der Waals surface area contributed by atoms with Crippen molar-refractivity contribution in [1.82, 2.24) is 10.3 Å². The number of hydrogen-bond donors (Lipinski definition) is 1. The van der Waals surface area contributed by atoms with Crippen molar-refractivity contribution in [2.24, 2.45) is 0 Å². The second kappa shape index (κ2) is 4.84. The predicted octanol–water partition coefficient (Wildman–Crippen LogP) is 2.92. The third-order valence-electron chi connectivity index (χ3n) is 3.16. The van der Waals surface area contributed by atoms with Crippen LogP contribution in [0.2, 0.25) is 0 Å². The van der Waals surface area contributed by atoms with Crippen LogP contribution in [0.3, 0.4) is 0 Å². The molecule has 1 aromatic carbocycles. The maximum Gasteiger partial charge on any atom is 0.0734 e. The minimum absolute atomic E-state index is 0.976. The lowest BCUT2D eigenvalue weighted by Gasteiger charge is -2.09. The van der Waals surface area contributed by atoms with Crippen LogP contribution >= 0.6 is 0 Å². The fourth-order valence-corrected chi connectivity index (χ4v) is 2.29. The van der Waals surface area contributed by atoms with Crippen LogP contribution < -0.4 is 5.32 Å². The average molecular weight is 228 g/mol. The molecule has 2 aromatic rings. The minimum Gasteiger partial charge on any atom is -0.319 e. The van der Waals surface area contributed by atoms with E-state index in [9.17, 15) is 0 Å². The quantitative estimate of drug-likeness (QED) is 0.873. The Bertz CT molecular complexity index is 544. The molecule has 0 saturated carbocycles. The van der Waals surface area contributed by atoms with E-state index in [1.165, 1.54) is 27.8 Å². The van der Waals surface area contributed by atoms with E-state index in [2.05, 4.69) is 44.3 Å². The first-order valence-corrected chi connectivity index (χ1v) is 6.14. The Labute approximate surface area is 103 Å². The Morgan fingerprint density at radius 2 is 1.82 bits per heavy atom. The van der Waals surface area contributed by atoms with Crippen LogP contribution in [-0.2, 0) is 6.42 Å². The fourth-order valence-electron chi connectivity index (χ4n) is 2.29. The zero-order chi connectivity index (χ0) is 12.4. The highest BCUT2D eigenvalue weighted by atomic mass is 14.8. The highest BCUT2D eigenvalue weighted by Crippen LogP contribution is 2.21. The third kappa shape index (κ3) is 2.47. The van der Waals surface area contributed by atoms with Crippen molar-refractivity contribution in [2.45, 2.75) is 27.2 Å². The molecule has 90 valence electrons. The van der Waals surface area contributed by atoms with E-state index in [1.54, 1.807) is 0 Å². The van der Waals surface area contributed by atoms with E-state index < -0.39 is 0 Å². The van der Waals surface area contributed by atoms with E-state index >= 15 is 0 Å². The van der Waals surface area contributed by atoms with Gasteiger partial charge in [0.25, 0.3) is 0 Å². The molecule has 0 bridgehead atoms. The number of fused-ring (bicyclic) bond motifs is 1. The monoisotopic (exact) mass is 228 g/mol.